The van der Waals surface area contributed by atoms with Crippen LogP contribution in [0.25, 0.3) is 0 Å². The fourth-order valence-corrected chi connectivity index (χ4v) is 1.13. The number of hydrogen-bond acceptors (Lipinski definition) is 3. The van der Waals surface area contributed by atoms with Gasteiger partial charge in [0.2, 0.25) is 5.24 Å². The molecular weight excluding hydrogens is 194 g/mol. The molecule has 0 fully saturated rings. The van der Waals surface area contributed by atoms with E-state index in [1.807, 2.05) is 0 Å². The summed E-state index contributed by atoms with van der Waals surface area (Å²) >= 11 is 5.13. The summed E-state index contributed by atoms with van der Waals surface area (Å²) in [5.41, 5.74) is 0.268. The highest BCUT2D eigenvalue weighted by Crippen LogP contribution is 2.18. The lowest BCUT2D eigenvalue weighted by atomic mass is 10.1. The van der Waals surface area contributed by atoms with Crippen LogP contribution in [-0.2, 0) is 11.2 Å². The topological polar surface area (TPSA) is 60.2 Å². The van der Waals surface area contributed by atoms with E-state index in [0.717, 1.165) is 0 Å². The number of nitrogens with zero attached hydrogens (tertiary/aromatic N) is 1. The van der Waals surface area contributed by atoms with Gasteiger partial charge in [-0.1, -0.05) is 18.2 Å². The van der Waals surface area contributed by atoms with Crippen LogP contribution in [0.1, 0.15) is 5.56 Å². The SMILES string of the molecule is O=C(Cl)Cc1ccccc1[N+](=O)[O-]. The monoisotopic (exact) mass is 199 g/mol. The molecule has 0 atom stereocenters. The molecule has 0 aliphatic rings. The predicted molar refractivity (Wildman–Crippen MR) is 47.7 cm³/mol. The van der Waals surface area contributed by atoms with Crippen LogP contribution in [0.15, 0.2) is 24.3 Å². The summed E-state index contributed by atoms with van der Waals surface area (Å²) in [7, 11) is 0. The van der Waals surface area contributed by atoms with Crippen molar-refractivity contribution in [2.45, 2.75) is 6.42 Å². The summed E-state index contributed by atoms with van der Waals surface area (Å²) in [4.78, 5) is 20.5. The van der Waals surface area contributed by atoms with Gasteiger partial charge in [-0.3, -0.25) is 14.9 Å². The summed E-state index contributed by atoms with van der Waals surface area (Å²) in [5.74, 6) is 0. The zero-order valence-corrected chi connectivity index (χ0v) is 7.32. The first-order chi connectivity index (χ1) is 6.11. The standard InChI is InChI=1S/C8H6ClNO3/c9-8(11)5-6-3-1-2-4-7(6)10(12)13/h1-4H,5H2. The molecule has 0 amide bonds. The Labute approximate surface area is 79.3 Å². The molecule has 0 aliphatic carbocycles. The van der Waals surface area contributed by atoms with Crippen LogP contribution in [0.2, 0.25) is 0 Å². The van der Waals surface area contributed by atoms with E-state index in [0.29, 0.717) is 5.56 Å². The van der Waals surface area contributed by atoms with Gasteiger partial charge in [-0.2, -0.15) is 0 Å². The Morgan fingerprint density at radius 2 is 2.08 bits per heavy atom. The van der Waals surface area contributed by atoms with Gasteiger partial charge >= 0.3 is 0 Å². The molecule has 0 spiro atoms. The second-order valence-electron chi connectivity index (χ2n) is 2.42. The first-order valence-corrected chi connectivity index (χ1v) is 3.89. The summed E-state index contributed by atoms with van der Waals surface area (Å²) in [6, 6.07) is 6.02. The Morgan fingerprint density at radius 3 is 2.62 bits per heavy atom. The first kappa shape index (κ1) is 9.67. The summed E-state index contributed by atoms with van der Waals surface area (Å²) < 4.78 is 0. The Hall–Kier alpha value is -1.42. The van der Waals surface area contributed by atoms with E-state index in [1.165, 1.54) is 12.1 Å². The molecule has 0 radical (unpaired) electrons. The summed E-state index contributed by atoms with van der Waals surface area (Å²) in [5, 5.41) is 9.85. The smallest absolute Gasteiger partial charge is 0.273 e. The van der Waals surface area contributed by atoms with E-state index in [9.17, 15) is 14.9 Å². The molecular formula is C8H6ClNO3. The molecule has 1 aromatic rings. The molecule has 0 saturated carbocycles. The van der Waals surface area contributed by atoms with Gasteiger partial charge in [0.15, 0.2) is 0 Å². The zero-order valence-electron chi connectivity index (χ0n) is 6.57. The highest BCUT2D eigenvalue weighted by molar-refractivity contribution is 6.63. The normalized spacial score (nSPS) is 9.62. The van der Waals surface area contributed by atoms with Crippen molar-refractivity contribution in [3.8, 4) is 0 Å². The number of hydrogen-bond donors (Lipinski definition) is 0. The van der Waals surface area contributed by atoms with E-state index in [4.69, 9.17) is 11.6 Å². The third-order valence-corrected chi connectivity index (χ3v) is 1.65. The minimum atomic E-state index is -0.602. The molecule has 0 N–H and O–H groups in total. The highest BCUT2D eigenvalue weighted by Gasteiger charge is 2.13. The van der Waals surface area contributed by atoms with Gasteiger partial charge in [0.25, 0.3) is 5.69 Å². The Kier molecular flexibility index (Phi) is 2.97. The largest absolute Gasteiger partial charge is 0.281 e. The van der Waals surface area contributed by atoms with Crippen LogP contribution in [0, 0.1) is 10.1 Å². The van der Waals surface area contributed by atoms with Crippen LogP contribution in [0.4, 0.5) is 5.69 Å². The van der Waals surface area contributed by atoms with Gasteiger partial charge in [-0.05, 0) is 11.6 Å². The number of rotatable bonds is 3. The van der Waals surface area contributed by atoms with E-state index in [-0.39, 0.29) is 12.1 Å². The van der Waals surface area contributed by atoms with Crippen LogP contribution in [-0.4, -0.2) is 10.2 Å². The molecule has 0 aromatic heterocycles. The van der Waals surface area contributed by atoms with Crippen molar-refractivity contribution in [2.24, 2.45) is 0 Å². The van der Waals surface area contributed by atoms with Gasteiger partial charge in [0, 0.05) is 11.6 Å². The lowest BCUT2D eigenvalue weighted by molar-refractivity contribution is -0.385. The van der Waals surface area contributed by atoms with Crippen LogP contribution >= 0.6 is 11.6 Å². The van der Waals surface area contributed by atoms with Gasteiger partial charge in [-0.15, -0.1) is 0 Å². The number of para-hydroxylation sites is 1. The van der Waals surface area contributed by atoms with Crippen molar-refractivity contribution in [1.82, 2.24) is 0 Å². The first-order valence-electron chi connectivity index (χ1n) is 3.52. The van der Waals surface area contributed by atoms with Crippen LogP contribution in [0.3, 0.4) is 0 Å². The average molecular weight is 200 g/mol. The average Bonchev–Trinajstić information content (AvgIpc) is 2.03. The zero-order chi connectivity index (χ0) is 9.84. The Morgan fingerprint density at radius 1 is 1.46 bits per heavy atom. The molecule has 1 aromatic carbocycles. The van der Waals surface area contributed by atoms with Crippen molar-refractivity contribution < 1.29 is 9.72 Å². The third-order valence-electron chi connectivity index (χ3n) is 1.52. The Balaban J connectivity index is 3.04. The number of carbonyl (C=O) groups is 1. The molecule has 0 aliphatic heterocycles. The van der Waals surface area contributed by atoms with Gasteiger partial charge < -0.3 is 0 Å². The molecule has 0 saturated heterocycles. The maximum Gasteiger partial charge on any atom is 0.273 e. The molecule has 4 nitrogen and oxygen atoms in total. The Bertz CT molecular complexity index is 351. The number of benzene rings is 1. The molecule has 68 valence electrons. The van der Waals surface area contributed by atoms with Crippen molar-refractivity contribution >= 4 is 22.5 Å². The van der Waals surface area contributed by atoms with E-state index in [2.05, 4.69) is 0 Å². The fourth-order valence-electron chi connectivity index (χ4n) is 0.988. The number of carbonyl (C=O) groups excluding carboxylic acids is 1. The van der Waals surface area contributed by atoms with Crippen LogP contribution < -0.4 is 0 Å². The molecule has 5 heteroatoms. The second-order valence-corrected chi connectivity index (χ2v) is 2.84. The summed E-state index contributed by atoms with van der Waals surface area (Å²) in [6.07, 6.45) is -0.112. The second kappa shape index (κ2) is 4.00. The van der Waals surface area contributed by atoms with Crippen molar-refractivity contribution in [3.63, 3.8) is 0 Å². The molecule has 0 heterocycles. The van der Waals surface area contributed by atoms with Gasteiger partial charge in [-0.25, -0.2) is 0 Å². The number of nitro groups is 1. The van der Waals surface area contributed by atoms with Crippen molar-refractivity contribution in [1.29, 1.82) is 0 Å². The lowest BCUT2D eigenvalue weighted by Crippen LogP contribution is -1.99. The maximum absolute atomic E-state index is 10.5. The van der Waals surface area contributed by atoms with Crippen LogP contribution in [0.5, 0.6) is 0 Å². The number of nitro benzene ring substituents is 1. The van der Waals surface area contributed by atoms with E-state index in [1.54, 1.807) is 12.1 Å². The van der Waals surface area contributed by atoms with E-state index < -0.39 is 10.2 Å². The summed E-state index contributed by atoms with van der Waals surface area (Å²) in [6.45, 7) is 0. The molecule has 1 rings (SSSR count). The molecule has 0 bridgehead atoms. The molecule has 0 unspecified atom stereocenters. The van der Waals surface area contributed by atoms with E-state index >= 15 is 0 Å². The lowest BCUT2D eigenvalue weighted by Gasteiger charge is -1.97. The van der Waals surface area contributed by atoms with Crippen molar-refractivity contribution in [3.05, 3.63) is 39.9 Å². The van der Waals surface area contributed by atoms with Gasteiger partial charge in [0.1, 0.15) is 0 Å². The quantitative estimate of drug-likeness (QED) is 0.424. The predicted octanol–water partition coefficient (Wildman–Crippen LogP) is 1.90. The van der Waals surface area contributed by atoms with Gasteiger partial charge in [0.05, 0.1) is 11.3 Å². The fraction of sp³-hybridized carbons (Fsp3) is 0.125. The number of halogens is 1. The van der Waals surface area contributed by atoms with Crippen molar-refractivity contribution in [2.75, 3.05) is 0 Å². The highest BCUT2D eigenvalue weighted by atomic mass is 35.5. The minimum Gasteiger partial charge on any atom is -0.281 e. The maximum atomic E-state index is 10.5. The molecule has 13 heavy (non-hydrogen) atoms. The third kappa shape index (κ3) is 2.52. The minimum absolute atomic E-state index is 0.0727.